The molecule has 1 aromatic heterocycles. The average molecular weight is 381 g/mol. The standard InChI is InChI=1S/C18H31N5O4/c1-5-10(3)14(19)17(25)22-13(7-12-8-20-9-21-12)16(24)23-15(18(26)27)11(4)6-2/h8-11,13-15H,5-7,19H2,1-4H3,(H,20,21)(H,22,25)(H,23,24)(H,26,27)/t10-,11-,13-,14-,15-/m0/s1. The topological polar surface area (TPSA) is 150 Å². The number of carboxylic acid groups (broad SMARTS) is 1. The van der Waals surface area contributed by atoms with Crippen LogP contribution in [-0.2, 0) is 20.8 Å². The van der Waals surface area contributed by atoms with Gasteiger partial charge in [-0.2, -0.15) is 0 Å². The molecule has 1 rings (SSSR count). The van der Waals surface area contributed by atoms with Crippen LogP contribution in [0.4, 0.5) is 0 Å². The van der Waals surface area contributed by atoms with Crippen LogP contribution in [0.25, 0.3) is 0 Å². The number of nitrogens with two attached hydrogens (primary N) is 1. The number of carbonyl (C=O) groups excluding carboxylic acids is 2. The maximum absolute atomic E-state index is 12.7. The molecule has 9 heteroatoms. The Morgan fingerprint density at radius 2 is 1.78 bits per heavy atom. The van der Waals surface area contributed by atoms with Gasteiger partial charge in [-0.25, -0.2) is 9.78 Å². The molecule has 5 atom stereocenters. The summed E-state index contributed by atoms with van der Waals surface area (Å²) >= 11 is 0. The summed E-state index contributed by atoms with van der Waals surface area (Å²) < 4.78 is 0. The van der Waals surface area contributed by atoms with Gasteiger partial charge in [-0.15, -0.1) is 0 Å². The minimum atomic E-state index is -1.11. The molecule has 0 saturated carbocycles. The highest BCUT2D eigenvalue weighted by Crippen LogP contribution is 2.10. The quantitative estimate of drug-likeness (QED) is 0.375. The molecule has 9 nitrogen and oxygen atoms in total. The van der Waals surface area contributed by atoms with Gasteiger partial charge in [-0.3, -0.25) is 9.59 Å². The van der Waals surface area contributed by atoms with Crippen molar-refractivity contribution in [1.82, 2.24) is 20.6 Å². The maximum Gasteiger partial charge on any atom is 0.326 e. The van der Waals surface area contributed by atoms with E-state index in [-0.39, 0.29) is 18.3 Å². The van der Waals surface area contributed by atoms with Crippen molar-refractivity contribution in [3.63, 3.8) is 0 Å². The number of H-pyrrole nitrogens is 1. The molecule has 6 N–H and O–H groups in total. The average Bonchev–Trinajstić information content (AvgIpc) is 3.16. The van der Waals surface area contributed by atoms with E-state index >= 15 is 0 Å². The Bertz CT molecular complexity index is 619. The Balaban J connectivity index is 2.94. The number of hydrogen-bond acceptors (Lipinski definition) is 5. The van der Waals surface area contributed by atoms with Crippen LogP contribution in [0.3, 0.4) is 0 Å². The molecule has 0 aliphatic carbocycles. The molecule has 27 heavy (non-hydrogen) atoms. The van der Waals surface area contributed by atoms with Gasteiger partial charge in [-0.1, -0.05) is 40.5 Å². The fraction of sp³-hybridized carbons (Fsp3) is 0.667. The predicted molar refractivity (Wildman–Crippen MR) is 101 cm³/mol. The van der Waals surface area contributed by atoms with Gasteiger partial charge in [0.15, 0.2) is 0 Å². The van der Waals surface area contributed by atoms with Gasteiger partial charge < -0.3 is 26.5 Å². The third-order valence-corrected chi connectivity index (χ3v) is 4.94. The van der Waals surface area contributed by atoms with E-state index in [9.17, 15) is 19.5 Å². The van der Waals surface area contributed by atoms with Crippen LogP contribution in [0.5, 0.6) is 0 Å². The van der Waals surface area contributed by atoms with Crippen molar-refractivity contribution in [3.05, 3.63) is 18.2 Å². The number of carbonyl (C=O) groups is 3. The fourth-order valence-corrected chi connectivity index (χ4v) is 2.54. The van der Waals surface area contributed by atoms with E-state index in [0.29, 0.717) is 12.1 Å². The molecule has 0 fully saturated rings. The second-order valence-electron chi connectivity index (χ2n) is 6.95. The van der Waals surface area contributed by atoms with Gasteiger partial charge in [0.1, 0.15) is 12.1 Å². The zero-order chi connectivity index (χ0) is 20.6. The lowest BCUT2D eigenvalue weighted by molar-refractivity contribution is -0.143. The molecule has 0 aliphatic rings. The molecule has 1 aromatic rings. The summed E-state index contributed by atoms with van der Waals surface area (Å²) in [5.41, 5.74) is 6.52. The van der Waals surface area contributed by atoms with Crippen molar-refractivity contribution in [2.75, 3.05) is 0 Å². The summed E-state index contributed by atoms with van der Waals surface area (Å²) in [5.74, 6) is -2.44. The largest absolute Gasteiger partial charge is 0.480 e. The van der Waals surface area contributed by atoms with Crippen LogP contribution in [-0.4, -0.2) is 51.0 Å². The minimum absolute atomic E-state index is 0.0500. The molecule has 0 radical (unpaired) electrons. The third kappa shape index (κ3) is 6.67. The first-order valence-corrected chi connectivity index (χ1v) is 9.27. The van der Waals surface area contributed by atoms with Gasteiger partial charge in [0, 0.05) is 12.6 Å². The van der Waals surface area contributed by atoms with E-state index in [1.54, 1.807) is 13.1 Å². The van der Waals surface area contributed by atoms with Gasteiger partial charge in [0.2, 0.25) is 11.8 Å². The highest BCUT2D eigenvalue weighted by molar-refractivity contribution is 5.92. The van der Waals surface area contributed by atoms with Crippen LogP contribution in [0.2, 0.25) is 0 Å². The van der Waals surface area contributed by atoms with Crippen LogP contribution in [0.1, 0.15) is 46.2 Å². The number of nitrogens with one attached hydrogen (secondary N) is 3. The smallest absolute Gasteiger partial charge is 0.326 e. The van der Waals surface area contributed by atoms with Gasteiger partial charge in [0.25, 0.3) is 0 Å². The first kappa shape index (κ1) is 22.6. The highest BCUT2D eigenvalue weighted by Gasteiger charge is 2.31. The molecule has 2 amide bonds. The van der Waals surface area contributed by atoms with E-state index in [4.69, 9.17) is 5.73 Å². The van der Waals surface area contributed by atoms with Crippen LogP contribution in [0.15, 0.2) is 12.5 Å². The molecule has 152 valence electrons. The zero-order valence-corrected chi connectivity index (χ0v) is 16.4. The van der Waals surface area contributed by atoms with Crippen molar-refractivity contribution < 1.29 is 19.5 Å². The normalized spacial score (nSPS) is 16.6. The second-order valence-corrected chi connectivity index (χ2v) is 6.95. The Hall–Kier alpha value is -2.42. The molecular weight excluding hydrogens is 350 g/mol. The lowest BCUT2D eigenvalue weighted by Crippen LogP contribution is -2.57. The number of nitrogens with zero attached hydrogens (tertiary/aromatic N) is 1. The predicted octanol–water partition coefficient (Wildman–Crippen LogP) is 0.426. The summed E-state index contributed by atoms with van der Waals surface area (Å²) in [7, 11) is 0. The molecule has 0 aliphatic heterocycles. The molecular formula is C18H31N5O4. The molecule has 1 heterocycles. The van der Waals surface area contributed by atoms with Crippen LogP contribution >= 0.6 is 0 Å². The van der Waals surface area contributed by atoms with Gasteiger partial charge in [-0.05, 0) is 11.8 Å². The van der Waals surface area contributed by atoms with Gasteiger partial charge >= 0.3 is 5.97 Å². The number of aliphatic carboxylic acids is 1. The molecule has 0 unspecified atom stereocenters. The number of amides is 2. The Morgan fingerprint density at radius 3 is 2.26 bits per heavy atom. The molecule has 0 saturated heterocycles. The summed E-state index contributed by atoms with van der Waals surface area (Å²) in [6, 6.07) is -2.76. The van der Waals surface area contributed by atoms with Crippen molar-refractivity contribution >= 4 is 17.8 Å². The minimum Gasteiger partial charge on any atom is -0.480 e. The zero-order valence-electron chi connectivity index (χ0n) is 16.4. The number of hydrogen-bond donors (Lipinski definition) is 5. The summed E-state index contributed by atoms with van der Waals surface area (Å²) in [4.78, 5) is 43.5. The highest BCUT2D eigenvalue weighted by atomic mass is 16.4. The number of imidazole rings is 1. The summed E-state index contributed by atoms with van der Waals surface area (Å²) in [5, 5.41) is 14.6. The van der Waals surface area contributed by atoms with Crippen molar-refractivity contribution in [3.8, 4) is 0 Å². The Kier molecular flexibility index (Phi) is 8.93. The van der Waals surface area contributed by atoms with Crippen LogP contribution in [0, 0.1) is 11.8 Å². The number of carboxylic acids is 1. The fourth-order valence-electron chi connectivity index (χ4n) is 2.54. The molecule has 0 aromatic carbocycles. The summed E-state index contributed by atoms with van der Waals surface area (Å²) in [6.07, 6.45) is 4.52. The molecule has 0 bridgehead atoms. The van der Waals surface area contributed by atoms with Crippen molar-refractivity contribution in [1.29, 1.82) is 0 Å². The Labute approximate surface area is 159 Å². The SMILES string of the molecule is CC[C@H](C)[C@H](N)C(=O)N[C@@H](Cc1c[nH]cn1)C(=O)N[C@H](C(=O)O)[C@@H](C)CC. The third-order valence-electron chi connectivity index (χ3n) is 4.94. The first-order chi connectivity index (χ1) is 12.7. The van der Waals surface area contributed by atoms with E-state index in [1.165, 1.54) is 6.33 Å². The van der Waals surface area contributed by atoms with Gasteiger partial charge in [0.05, 0.1) is 18.1 Å². The summed E-state index contributed by atoms with van der Waals surface area (Å²) in [6.45, 7) is 7.38. The number of aromatic amines is 1. The van der Waals surface area contributed by atoms with E-state index in [2.05, 4.69) is 20.6 Å². The number of rotatable bonds is 11. The van der Waals surface area contributed by atoms with E-state index < -0.39 is 35.9 Å². The first-order valence-electron chi connectivity index (χ1n) is 9.27. The lowest BCUT2D eigenvalue weighted by atomic mass is 9.97. The number of aromatic nitrogens is 2. The van der Waals surface area contributed by atoms with Crippen molar-refractivity contribution in [2.45, 2.75) is 65.1 Å². The van der Waals surface area contributed by atoms with E-state index in [0.717, 1.165) is 6.42 Å². The van der Waals surface area contributed by atoms with Crippen LogP contribution < -0.4 is 16.4 Å². The molecule has 0 spiro atoms. The monoisotopic (exact) mass is 381 g/mol. The van der Waals surface area contributed by atoms with Crippen molar-refractivity contribution in [2.24, 2.45) is 17.6 Å². The lowest BCUT2D eigenvalue weighted by Gasteiger charge is -2.26. The second kappa shape index (κ2) is 10.7. The van der Waals surface area contributed by atoms with E-state index in [1.807, 2.05) is 20.8 Å². The maximum atomic E-state index is 12.7. The Morgan fingerprint density at radius 1 is 1.15 bits per heavy atom.